The fourth-order valence-electron chi connectivity index (χ4n) is 2.50. The molecule has 0 fully saturated rings. The molecular weight excluding hydrogens is 243 g/mol. The van der Waals surface area contributed by atoms with E-state index >= 15 is 0 Å². The molecule has 0 aliphatic carbocycles. The molecule has 1 N–H and O–H groups in total. The van der Waals surface area contributed by atoms with Crippen molar-refractivity contribution in [2.45, 2.75) is 40.2 Å². The first kappa shape index (κ1) is 13.7. The largest absolute Gasteiger partial charge is 0.389 e. The van der Waals surface area contributed by atoms with Gasteiger partial charge in [-0.25, -0.2) is 9.07 Å². The summed E-state index contributed by atoms with van der Waals surface area (Å²) < 4.78 is 15.8. The molecule has 1 aromatic heterocycles. The van der Waals surface area contributed by atoms with Crippen molar-refractivity contribution in [2.24, 2.45) is 0 Å². The van der Waals surface area contributed by atoms with Crippen LogP contribution in [-0.2, 0) is 6.42 Å². The number of aliphatic hydroxyl groups is 1. The second-order valence-corrected chi connectivity index (χ2v) is 4.77. The Balaban J connectivity index is 2.72. The Kier molecular flexibility index (Phi) is 3.71. The van der Waals surface area contributed by atoms with E-state index in [2.05, 4.69) is 12.0 Å². The number of benzene rings is 1. The zero-order valence-corrected chi connectivity index (χ0v) is 11.7. The third-order valence-corrected chi connectivity index (χ3v) is 3.47. The predicted octanol–water partition coefficient (Wildman–Crippen LogP) is 3.24. The zero-order chi connectivity index (χ0) is 14.2. The summed E-state index contributed by atoms with van der Waals surface area (Å²) in [7, 11) is 0. The van der Waals surface area contributed by atoms with Crippen LogP contribution < -0.4 is 0 Å². The number of nitrogens with zero attached hydrogens (tertiary/aromatic N) is 2. The van der Waals surface area contributed by atoms with Gasteiger partial charge >= 0.3 is 0 Å². The summed E-state index contributed by atoms with van der Waals surface area (Å²) in [5, 5.41) is 14.2. The Labute approximate surface area is 112 Å². The molecule has 19 heavy (non-hydrogen) atoms. The highest BCUT2D eigenvalue weighted by Crippen LogP contribution is 2.27. The van der Waals surface area contributed by atoms with E-state index in [1.54, 1.807) is 23.7 Å². The summed E-state index contributed by atoms with van der Waals surface area (Å²) in [4.78, 5) is 0. The topological polar surface area (TPSA) is 38.0 Å². The van der Waals surface area contributed by atoms with E-state index in [0.29, 0.717) is 11.3 Å². The predicted molar refractivity (Wildman–Crippen MR) is 73.0 cm³/mol. The van der Waals surface area contributed by atoms with E-state index in [-0.39, 0.29) is 5.82 Å². The van der Waals surface area contributed by atoms with Crippen molar-refractivity contribution >= 4 is 0 Å². The Morgan fingerprint density at radius 2 is 2.05 bits per heavy atom. The fraction of sp³-hybridized carbons (Fsp3) is 0.400. The molecule has 1 heterocycles. The Hall–Kier alpha value is -1.68. The standard InChI is InChI=1S/C15H19FN2O/c1-5-12-9(2)17-18(10(12)3)15-13(11(4)19)7-6-8-14(15)16/h6-8,11,19H,5H2,1-4H3/t11-/m1/s1. The van der Waals surface area contributed by atoms with Crippen LogP contribution >= 0.6 is 0 Å². The third-order valence-electron chi connectivity index (χ3n) is 3.47. The van der Waals surface area contributed by atoms with E-state index < -0.39 is 6.10 Å². The molecule has 2 rings (SSSR count). The maximum absolute atomic E-state index is 14.1. The van der Waals surface area contributed by atoms with Crippen molar-refractivity contribution in [3.8, 4) is 5.69 Å². The molecule has 0 saturated carbocycles. The minimum atomic E-state index is -0.736. The van der Waals surface area contributed by atoms with Gasteiger partial charge in [-0.2, -0.15) is 5.10 Å². The van der Waals surface area contributed by atoms with Crippen molar-refractivity contribution in [1.29, 1.82) is 0 Å². The third kappa shape index (κ3) is 2.28. The monoisotopic (exact) mass is 262 g/mol. The van der Waals surface area contributed by atoms with E-state index in [0.717, 1.165) is 23.4 Å². The first-order valence-electron chi connectivity index (χ1n) is 6.49. The van der Waals surface area contributed by atoms with Crippen molar-refractivity contribution in [2.75, 3.05) is 0 Å². The van der Waals surface area contributed by atoms with Gasteiger partial charge in [0.05, 0.1) is 11.8 Å². The molecule has 4 heteroatoms. The average molecular weight is 262 g/mol. The van der Waals surface area contributed by atoms with Crippen LogP contribution in [-0.4, -0.2) is 14.9 Å². The molecule has 0 aliphatic rings. The molecule has 102 valence electrons. The highest BCUT2D eigenvalue weighted by molar-refractivity contribution is 5.45. The second kappa shape index (κ2) is 5.13. The van der Waals surface area contributed by atoms with Gasteiger partial charge in [0.15, 0.2) is 0 Å². The first-order valence-corrected chi connectivity index (χ1v) is 6.49. The lowest BCUT2D eigenvalue weighted by molar-refractivity contribution is 0.198. The van der Waals surface area contributed by atoms with Gasteiger partial charge in [0.25, 0.3) is 0 Å². The fourth-order valence-corrected chi connectivity index (χ4v) is 2.50. The number of aliphatic hydroxyl groups excluding tert-OH is 1. The summed E-state index contributed by atoms with van der Waals surface area (Å²) in [6, 6.07) is 4.72. The van der Waals surface area contributed by atoms with E-state index in [1.807, 2.05) is 13.8 Å². The number of hydrogen-bond acceptors (Lipinski definition) is 2. The van der Waals surface area contributed by atoms with Crippen molar-refractivity contribution in [1.82, 2.24) is 9.78 Å². The molecule has 0 saturated heterocycles. The lowest BCUT2D eigenvalue weighted by Crippen LogP contribution is -2.08. The maximum atomic E-state index is 14.1. The minimum absolute atomic E-state index is 0.345. The van der Waals surface area contributed by atoms with Crippen molar-refractivity contribution in [3.05, 3.63) is 46.5 Å². The lowest BCUT2D eigenvalue weighted by atomic mass is 10.1. The zero-order valence-electron chi connectivity index (χ0n) is 11.7. The van der Waals surface area contributed by atoms with Crippen LogP contribution in [0.4, 0.5) is 4.39 Å². The van der Waals surface area contributed by atoms with E-state index in [9.17, 15) is 9.50 Å². The summed E-state index contributed by atoms with van der Waals surface area (Å²) >= 11 is 0. The highest BCUT2D eigenvalue weighted by atomic mass is 19.1. The summed E-state index contributed by atoms with van der Waals surface area (Å²) in [6.45, 7) is 7.53. The van der Waals surface area contributed by atoms with Crippen LogP contribution in [0.5, 0.6) is 0 Å². The molecule has 0 aliphatic heterocycles. The highest BCUT2D eigenvalue weighted by Gasteiger charge is 2.19. The number of halogens is 1. The molecule has 0 unspecified atom stereocenters. The van der Waals surface area contributed by atoms with Gasteiger partial charge in [-0.3, -0.25) is 0 Å². The minimum Gasteiger partial charge on any atom is -0.389 e. The van der Waals surface area contributed by atoms with Gasteiger partial charge in [0, 0.05) is 11.3 Å². The van der Waals surface area contributed by atoms with Crippen molar-refractivity contribution < 1.29 is 9.50 Å². The number of aryl methyl sites for hydroxylation is 1. The molecule has 0 spiro atoms. The molecule has 0 radical (unpaired) electrons. The molecule has 0 bridgehead atoms. The lowest BCUT2D eigenvalue weighted by Gasteiger charge is -2.14. The first-order chi connectivity index (χ1) is 8.97. The van der Waals surface area contributed by atoms with Crippen LogP contribution in [0.15, 0.2) is 18.2 Å². The Morgan fingerprint density at radius 1 is 1.37 bits per heavy atom. The summed E-state index contributed by atoms with van der Waals surface area (Å²) in [5.41, 5.74) is 3.85. The summed E-state index contributed by atoms with van der Waals surface area (Å²) in [6.07, 6.45) is 0.121. The average Bonchev–Trinajstić information content (AvgIpc) is 2.63. The second-order valence-electron chi connectivity index (χ2n) is 4.77. The molecular formula is C15H19FN2O. The van der Waals surface area contributed by atoms with Crippen LogP contribution in [0.25, 0.3) is 5.69 Å². The number of rotatable bonds is 3. The van der Waals surface area contributed by atoms with E-state index in [1.165, 1.54) is 6.07 Å². The molecule has 1 atom stereocenters. The number of aromatic nitrogens is 2. The van der Waals surface area contributed by atoms with Crippen LogP contribution in [0.2, 0.25) is 0 Å². The smallest absolute Gasteiger partial charge is 0.149 e. The number of hydrogen-bond donors (Lipinski definition) is 1. The van der Waals surface area contributed by atoms with Crippen molar-refractivity contribution in [3.63, 3.8) is 0 Å². The Bertz CT molecular complexity index is 602. The quantitative estimate of drug-likeness (QED) is 0.922. The van der Waals surface area contributed by atoms with Crippen LogP contribution in [0, 0.1) is 19.7 Å². The van der Waals surface area contributed by atoms with Gasteiger partial charge in [-0.05, 0) is 38.8 Å². The van der Waals surface area contributed by atoms with Crippen LogP contribution in [0.1, 0.15) is 42.5 Å². The van der Waals surface area contributed by atoms with E-state index in [4.69, 9.17) is 0 Å². The maximum Gasteiger partial charge on any atom is 0.149 e. The van der Waals surface area contributed by atoms with Gasteiger partial charge < -0.3 is 5.11 Å². The number of para-hydroxylation sites is 1. The molecule has 0 amide bonds. The van der Waals surface area contributed by atoms with Gasteiger partial charge in [0.2, 0.25) is 0 Å². The molecule has 3 nitrogen and oxygen atoms in total. The summed E-state index contributed by atoms with van der Waals surface area (Å²) in [5.74, 6) is -0.369. The van der Waals surface area contributed by atoms with Gasteiger partial charge in [-0.15, -0.1) is 0 Å². The molecule has 2 aromatic rings. The van der Waals surface area contributed by atoms with Gasteiger partial charge in [-0.1, -0.05) is 19.1 Å². The molecule has 1 aromatic carbocycles. The van der Waals surface area contributed by atoms with Crippen LogP contribution in [0.3, 0.4) is 0 Å². The normalized spacial score (nSPS) is 12.7. The Morgan fingerprint density at radius 3 is 2.58 bits per heavy atom. The van der Waals surface area contributed by atoms with Gasteiger partial charge in [0.1, 0.15) is 11.5 Å². The SMILES string of the molecule is CCc1c(C)nn(-c2c(F)cccc2[C@@H](C)O)c1C.